The molecular formula is C22H20N8O3. The van der Waals surface area contributed by atoms with E-state index in [4.69, 9.17) is 10.2 Å². The normalized spacial score (nSPS) is 15.3. The minimum absolute atomic E-state index is 0.0128. The monoisotopic (exact) mass is 444 g/mol. The van der Waals surface area contributed by atoms with Gasteiger partial charge in [0.1, 0.15) is 23.2 Å². The third kappa shape index (κ3) is 4.40. The molecule has 0 radical (unpaired) electrons. The maximum Gasteiger partial charge on any atom is 0.269 e. The number of benzene rings is 1. The van der Waals surface area contributed by atoms with Crippen LogP contribution in [0.1, 0.15) is 38.8 Å². The Kier molecular flexibility index (Phi) is 5.35. The summed E-state index contributed by atoms with van der Waals surface area (Å²) in [4.78, 5) is 23.1. The van der Waals surface area contributed by atoms with Gasteiger partial charge in [-0.15, -0.1) is 0 Å². The number of furan rings is 1. The van der Waals surface area contributed by atoms with Crippen molar-refractivity contribution in [2.24, 2.45) is 5.10 Å². The van der Waals surface area contributed by atoms with Gasteiger partial charge in [0.25, 0.3) is 11.6 Å². The van der Waals surface area contributed by atoms with Crippen LogP contribution in [0.15, 0.2) is 45.9 Å². The van der Waals surface area contributed by atoms with Gasteiger partial charge in [0.05, 0.1) is 10.5 Å². The standard InChI is InChI=1S/C22H20N8O3/c1-13-11-22(2,3)29(28-13)21-26-19(25-20(24)27-21)15(12-23)10-17-8-9-18(33-17)14-4-6-16(7-5-14)30(31)32/h4-10H,11H2,1-3H3,(H2,24,25,26,27)/b15-10+. The minimum Gasteiger partial charge on any atom is -0.457 e. The molecule has 2 N–H and O–H groups in total. The van der Waals surface area contributed by atoms with Crippen LogP contribution in [0.2, 0.25) is 0 Å². The highest BCUT2D eigenvalue weighted by Crippen LogP contribution is 2.31. The van der Waals surface area contributed by atoms with Crippen molar-refractivity contribution in [3.63, 3.8) is 0 Å². The Hall–Kier alpha value is -4.59. The lowest BCUT2D eigenvalue weighted by atomic mass is 9.99. The number of nitriles is 1. The van der Waals surface area contributed by atoms with Gasteiger partial charge in [0, 0.05) is 35.9 Å². The van der Waals surface area contributed by atoms with E-state index >= 15 is 0 Å². The molecule has 0 saturated heterocycles. The van der Waals surface area contributed by atoms with E-state index in [1.165, 1.54) is 18.2 Å². The number of nitro groups is 1. The fourth-order valence-corrected chi connectivity index (χ4v) is 3.58. The predicted molar refractivity (Wildman–Crippen MR) is 123 cm³/mol. The molecule has 11 nitrogen and oxygen atoms in total. The molecule has 0 spiro atoms. The van der Waals surface area contributed by atoms with Gasteiger partial charge in [0.2, 0.25) is 5.95 Å². The maximum absolute atomic E-state index is 10.8. The zero-order valence-electron chi connectivity index (χ0n) is 18.2. The number of anilines is 2. The average Bonchev–Trinajstić information content (AvgIpc) is 3.34. The summed E-state index contributed by atoms with van der Waals surface area (Å²) in [6, 6.07) is 11.4. The summed E-state index contributed by atoms with van der Waals surface area (Å²) in [7, 11) is 0. The molecular weight excluding hydrogens is 424 g/mol. The fraction of sp³-hybridized carbons (Fsp3) is 0.227. The van der Waals surface area contributed by atoms with E-state index in [0.29, 0.717) is 17.1 Å². The zero-order chi connectivity index (χ0) is 23.8. The third-order valence-electron chi connectivity index (χ3n) is 5.00. The van der Waals surface area contributed by atoms with Crippen LogP contribution in [-0.2, 0) is 0 Å². The molecule has 3 aromatic rings. The second-order valence-corrected chi connectivity index (χ2v) is 8.13. The van der Waals surface area contributed by atoms with Crippen LogP contribution < -0.4 is 10.7 Å². The Bertz CT molecular complexity index is 1330. The lowest BCUT2D eigenvalue weighted by molar-refractivity contribution is -0.384. The molecule has 166 valence electrons. The number of hydrogen-bond acceptors (Lipinski definition) is 10. The molecule has 0 bridgehead atoms. The van der Waals surface area contributed by atoms with E-state index in [1.54, 1.807) is 29.3 Å². The number of rotatable bonds is 5. The Morgan fingerprint density at radius 1 is 1.24 bits per heavy atom. The van der Waals surface area contributed by atoms with E-state index in [1.807, 2.05) is 20.8 Å². The highest BCUT2D eigenvalue weighted by atomic mass is 16.6. The van der Waals surface area contributed by atoms with Crippen LogP contribution in [0.25, 0.3) is 23.0 Å². The maximum atomic E-state index is 10.8. The smallest absolute Gasteiger partial charge is 0.269 e. The van der Waals surface area contributed by atoms with Crippen molar-refractivity contribution >= 4 is 34.9 Å². The summed E-state index contributed by atoms with van der Waals surface area (Å²) in [5.74, 6) is 1.21. The topological polar surface area (TPSA) is 160 Å². The second kappa shape index (κ2) is 8.16. The summed E-state index contributed by atoms with van der Waals surface area (Å²) in [6.07, 6.45) is 2.24. The Balaban J connectivity index is 1.66. The first kappa shape index (κ1) is 21.6. The van der Waals surface area contributed by atoms with Crippen LogP contribution in [0.5, 0.6) is 0 Å². The van der Waals surface area contributed by atoms with Crippen molar-refractivity contribution in [1.29, 1.82) is 5.26 Å². The quantitative estimate of drug-likeness (QED) is 0.347. The Labute approximate surface area is 189 Å². The van der Waals surface area contributed by atoms with E-state index in [9.17, 15) is 15.4 Å². The first-order valence-corrected chi connectivity index (χ1v) is 9.99. The highest BCUT2D eigenvalue weighted by Gasteiger charge is 2.35. The summed E-state index contributed by atoms with van der Waals surface area (Å²) in [5, 5.41) is 26.7. The molecule has 1 aliphatic rings. The molecule has 2 aromatic heterocycles. The Morgan fingerprint density at radius 2 is 1.97 bits per heavy atom. The SMILES string of the molecule is CC1=NN(c2nc(N)nc(/C(C#N)=C/c3ccc(-c4ccc([N+](=O)[O-])cc4)o3)n2)C(C)(C)C1. The van der Waals surface area contributed by atoms with Gasteiger partial charge in [0.15, 0.2) is 5.82 Å². The van der Waals surface area contributed by atoms with Crippen molar-refractivity contribution in [1.82, 2.24) is 15.0 Å². The van der Waals surface area contributed by atoms with Crippen LogP contribution in [0, 0.1) is 21.4 Å². The van der Waals surface area contributed by atoms with Gasteiger partial charge < -0.3 is 10.2 Å². The molecule has 33 heavy (non-hydrogen) atoms. The van der Waals surface area contributed by atoms with E-state index < -0.39 is 4.92 Å². The molecule has 0 atom stereocenters. The highest BCUT2D eigenvalue weighted by molar-refractivity contribution is 5.88. The number of nitrogen functional groups attached to an aromatic ring is 1. The number of allylic oxidation sites excluding steroid dienone is 1. The van der Waals surface area contributed by atoms with Gasteiger partial charge in [-0.1, -0.05) is 0 Å². The summed E-state index contributed by atoms with van der Waals surface area (Å²) in [6.45, 7) is 5.94. The summed E-state index contributed by atoms with van der Waals surface area (Å²) >= 11 is 0. The molecule has 3 heterocycles. The van der Waals surface area contributed by atoms with E-state index in [-0.39, 0.29) is 34.5 Å². The number of nitro benzene ring substituents is 1. The van der Waals surface area contributed by atoms with E-state index in [2.05, 4.69) is 26.1 Å². The van der Waals surface area contributed by atoms with Crippen molar-refractivity contribution in [3.8, 4) is 17.4 Å². The molecule has 0 unspecified atom stereocenters. The first-order chi connectivity index (χ1) is 15.7. The molecule has 1 aromatic carbocycles. The molecule has 0 saturated carbocycles. The number of hydrazone groups is 1. The van der Waals surface area contributed by atoms with Gasteiger partial charge in [-0.3, -0.25) is 10.1 Å². The molecule has 0 aliphatic carbocycles. The fourth-order valence-electron chi connectivity index (χ4n) is 3.58. The summed E-state index contributed by atoms with van der Waals surface area (Å²) < 4.78 is 5.80. The van der Waals surface area contributed by atoms with Crippen molar-refractivity contribution < 1.29 is 9.34 Å². The summed E-state index contributed by atoms with van der Waals surface area (Å²) in [5.41, 5.74) is 7.28. The molecule has 11 heteroatoms. The van der Waals surface area contributed by atoms with Crippen molar-refractivity contribution in [2.75, 3.05) is 10.7 Å². The number of nitrogens with zero attached hydrogens (tertiary/aromatic N) is 7. The Morgan fingerprint density at radius 3 is 2.58 bits per heavy atom. The van der Waals surface area contributed by atoms with E-state index in [0.717, 1.165) is 12.1 Å². The average molecular weight is 444 g/mol. The third-order valence-corrected chi connectivity index (χ3v) is 5.00. The zero-order valence-corrected chi connectivity index (χ0v) is 18.2. The van der Waals surface area contributed by atoms with Crippen molar-refractivity contribution in [3.05, 3.63) is 58.1 Å². The number of hydrogen-bond donors (Lipinski definition) is 1. The van der Waals surface area contributed by atoms with Crippen LogP contribution in [0.3, 0.4) is 0 Å². The number of aromatic nitrogens is 3. The number of non-ortho nitro benzene ring substituents is 1. The first-order valence-electron chi connectivity index (χ1n) is 9.99. The minimum atomic E-state index is -0.468. The predicted octanol–water partition coefficient (Wildman–Crippen LogP) is 4.05. The lowest BCUT2D eigenvalue weighted by Crippen LogP contribution is -2.37. The van der Waals surface area contributed by atoms with Gasteiger partial charge >= 0.3 is 0 Å². The number of nitrogens with two attached hydrogens (primary N) is 1. The van der Waals surface area contributed by atoms with Crippen LogP contribution >= 0.6 is 0 Å². The van der Waals surface area contributed by atoms with Gasteiger partial charge in [-0.25, -0.2) is 5.01 Å². The van der Waals surface area contributed by atoms with Gasteiger partial charge in [-0.2, -0.15) is 25.3 Å². The van der Waals surface area contributed by atoms with Crippen molar-refractivity contribution in [2.45, 2.75) is 32.7 Å². The van der Waals surface area contributed by atoms with Gasteiger partial charge in [-0.05, 0) is 45.0 Å². The molecule has 0 amide bonds. The largest absolute Gasteiger partial charge is 0.457 e. The van der Waals surface area contributed by atoms with Crippen LogP contribution in [-0.4, -0.2) is 31.1 Å². The second-order valence-electron chi connectivity index (χ2n) is 8.13. The lowest BCUT2D eigenvalue weighted by Gasteiger charge is -2.28. The molecule has 0 fully saturated rings. The molecule has 4 rings (SSSR count). The van der Waals surface area contributed by atoms with Crippen LogP contribution in [0.4, 0.5) is 17.6 Å². The molecule has 1 aliphatic heterocycles.